The number of rotatable bonds is 7. The molecule has 1 N–H and O–H groups in total. The minimum atomic E-state index is -0.646. The van der Waals surface area contributed by atoms with E-state index in [1.54, 1.807) is 19.2 Å². The second-order valence-corrected chi connectivity index (χ2v) is 9.81. The Hall–Kier alpha value is -3.72. The van der Waals surface area contributed by atoms with Crippen LogP contribution in [0.5, 0.6) is 5.75 Å². The van der Waals surface area contributed by atoms with Crippen molar-refractivity contribution in [2.24, 2.45) is 0 Å². The fourth-order valence-corrected chi connectivity index (χ4v) is 5.35. The van der Waals surface area contributed by atoms with E-state index in [9.17, 15) is 19.2 Å². The van der Waals surface area contributed by atoms with Crippen LogP contribution in [-0.4, -0.2) is 65.8 Å². The molecule has 9 nitrogen and oxygen atoms in total. The maximum Gasteiger partial charge on any atom is 0.255 e. The van der Waals surface area contributed by atoms with Gasteiger partial charge < -0.3 is 19.3 Å². The fraction of sp³-hybridized carbons (Fsp3) is 0.429. The summed E-state index contributed by atoms with van der Waals surface area (Å²) in [5.41, 5.74) is 3.00. The highest BCUT2D eigenvalue weighted by Crippen LogP contribution is 2.30. The van der Waals surface area contributed by atoms with Crippen molar-refractivity contribution in [3.05, 3.63) is 64.7 Å². The third-order valence-corrected chi connectivity index (χ3v) is 7.34. The molecule has 0 spiro atoms. The van der Waals surface area contributed by atoms with Crippen molar-refractivity contribution in [1.82, 2.24) is 15.1 Å². The summed E-state index contributed by atoms with van der Waals surface area (Å²) >= 11 is 0. The van der Waals surface area contributed by atoms with Crippen molar-refractivity contribution in [3.8, 4) is 5.75 Å². The number of nitrogens with zero attached hydrogens (tertiary/aromatic N) is 2. The molecule has 2 atom stereocenters. The molecule has 3 aliphatic rings. The zero-order chi connectivity index (χ0) is 25.9. The number of hydrogen-bond donors (Lipinski definition) is 1. The fourth-order valence-electron chi connectivity index (χ4n) is 5.35. The van der Waals surface area contributed by atoms with Gasteiger partial charge in [-0.25, -0.2) is 0 Å². The van der Waals surface area contributed by atoms with Crippen molar-refractivity contribution in [1.29, 1.82) is 0 Å². The number of methoxy groups -OCH3 is 1. The third-order valence-electron chi connectivity index (χ3n) is 7.34. The Morgan fingerprint density at radius 2 is 1.86 bits per heavy atom. The molecular weight excluding hydrogens is 474 g/mol. The van der Waals surface area contributed by atoms with Gasteiger partial charge in [0.2, 0.25) is 11.8 Å². The van der Waals surface area contributed by atoms with E-state index in [2.05, 4.69) is 5.32 Å². The third kappa shape index (κ3) is 5.22. The highest BCUT2D eigenvalue weighted by atomic mass is 16.5. The average molecular weight is 506 g/mol. The molecule has 2 aromatic rings. The summed E-state index contributed by atoms with van der Waals surface area (Å²) in [7, 11) is 1.64. The highest BCUT2D eigenvalue weighted by molar-refractivity contribution is 6.05. The van der Waals surface area contributed by atoms with Gasteiger partial charge in [-0.3, -0.25) is 24.5 Å². The van der Waals surface area contributed by atoms with Crippen LogP contribution in [0.2, 0.25) is 0 Å². The highest BCUT2D eigenvalue weighted by Gasteiger charge is 2.39. The summed E-state index contributed by atoms with van der Waals surface area (Å²) in [5, 5.41) is 2.32. The van der Waals surface area contributed by atoms with Crippen LogP contribution in [0.25, 0.3) is 0 Å². The van der Waals surface area contributed by atoms with E-state index in [1.165, 1.54) is 4.90 Å². The molecule has 194 valence electrons. The summed E-state index contributed by atoms with van der Waals surface area (Å²) in [6.45, 7) is 1.85. The largest absolute Gasteiger partial charge is 0.491 e. The van der Waals surface area contributed by atoms with Gasteiger partial charge >= 0.3 is 0 Å². The Labute approximate surface area is 215 Å². The minimum Gasteiger partial charge on any atom is -0.491 e. The quantitative estimate of drug-likeness (QED) is 0.580. The van der Waals surface area contributed by atoms with Crippen LogP contribution >= 0.6 is 0 Å². The molecule has 9 heteroatoms. The van der Waals surface area contributed by atoms with Crippen molar-refractivity contribution in [3.63, 3.8) is 0 Å². The van der Waals surface area contributed by atoms with Crippen LogP contribution in [0.3, 0.4) is 0 Å². The standard InChI is InChI=1S/C28H31N3O6/c1-36-16-18-5-7-19(8-6-18)27(34)30-13-3-2-4-21(30)17-37-22-9-10-23-20(14-22)15-31(28(23)35)24-11-12-25(32)29-26(24)33/h5-10,14,21,24H,2-4,11-13,15-17H2,1H3,(H,29,32,33)/t21-,24?/m0/s1. The smallest absolute Gasteiger partial charge is 0.255 e. The Balaban J connectivity index is 1.23. The van der Waals surface area contributed by atoms with Gasteiger partial charge in [-0.15, -0.1) is 0 Å². The van der Waals surface area contributed by atoms with E-state index in [4.69, 9.17) is 9.47 Å². The molecule has 0 bridgehead atoms. The van der Waals surface area contributed by atoms with Gasteiger partial charge in [-0.2, -0.15) is 0 Å². The predicted molar refractivity (Wildman–Crippen MR) is 134 cm³/mol. The van der Waals surface area contributed by atoms with Gasteiger partial charge in [0.05, 0.1) is 12.6 Å². The minimum absolute atomic E-state index is 0.00306. The molecule has 2 aromatic carbocycles. The van der Waals surface area contributed by atoms with E-state index in [1.807, 2.05) is 35.2 Å². The molecule has 5 rings (SSSR count). The van der Waals surface area contributed by atoms with Crippen LogP contribution in [0.1, 0.15) is 63.9 Å². The summed E-state index contributed by atoms with van der Waals surface area (Å²) in [6.07, 6.45) is 3.40. The Morgan fingerprint density at radius 1 is 1.05 bits per heavy atom. The predicted octanol–water partition coefficient (Wildman–Crippen LogP) is 2.67. The molecular formula is C28H31N3O6. The number of carbonyl (C=O) groups is 4. The maximum atomic E-state index is 13.3. The summed E-state index contributed by atoms with van der Waals surface area (Å²) in [5.74, 6) is -0.324. The number of likely N-dealkylation sites (tertiary alicyclic amines) is 1. The summed E-state index contributed by atoms with van der Waals surface area (Å²) < 4.78 is 11.3. The topological polar surface area (TPSA) is 105 Å². The van der Waals surface area contributed by atoms with Gasteiger partial charge in [-0.05, 0) is 67.1 Å². The first kappa shape index (κ1) is 25.0. The molecule has 0 aliphatic carbocycles. The van der Waals surface area contributed by atoms with E-state index < -0.39 is 11.9 Å². The molecule has 3 heterocycles. The first-order valence-electron chi connectivity index (χ1n) is 12.7. The van der Waals surface area contributed by atoms with Gasteiger partial charge in [0, 0.05) is 37.7 Å². The Bertz CT molecular complexity index is 1210. The van der Waals surface area contributed by atoms with Gasteiger partial charge in [-0.1, -0.05) is 12.1 Å². The zero-order valence-corrected chi connectivity index (χ0v) is 20.9. The number of amides is 4. The molecule has 4 amide bonds. The lowest BCUT2D eigenvalue weighted by Gasteiger charge is -2.35. The first-order valence-corrected chi connectivity index (χ1v) is 12.7. The molecule has 2 fully saturated rings. The summed E-state index contributed by atoms with van der Waals surface area (Å²) in [4.78, 5) is 53.4. The number of hydrogen-bond acceptors (Lipinski definition) is 6. The second kappa shape index (κ2) is 10.7. The number of nitrogens with one attached hydrogen (secondary N) is 1. The van der Waals surface area contributed by atoms with Crippen LogP contribution in [0, 0.1) is 0 Å². The number of piperidine rings is 2. The van der Waals surface area contributed by atoms with E-state index in [-0.39, 0.29) is 30.2 Å². The normalized spacial score (nSPS) is 21.6. The number of carbonyl (C=O) groups excluding carboxylic acids is 4. The number of ether oxygens (including phenoxy) is 2. The van der Waals surface area contributed by atoms with Crippen molar-refractivity contribution in [2.75, 3.05) is 20.3 Å². The first-order chi connectivity index (χ1) is 17.9. The lowest BCUT2D eigenvalue weighted by molar-refractivity contribution is -0.136. The molecule has 1 unspecified atom stereocenters. The second-order valence-electron chi connectivity index (χ2n) is 9.81. The lowest BCUT2D eigenvalue weighted by Crippen LogP contribution is -2.52. The SMILES string of the molecule is COCc1ccc(C(=O)N2CCCC[C@H]2COc2ccc3c(c2)CN(C2CCC(=O)NC2=O)C3=O)cc1. The number of imide groups is 1. The molecule has 37 heavy (non-hydrogen) atoms. The summed E-state index contributed by atoms with van der Waals surface area (Å²) in [6, 6.07) is 12.1. The van der Waals surface area contributed by atoms with E-state index in [0.29, 0.717) is 49.6 Å². The van der Waals surface area contributed by atoms with Gasteiger partial charge in [0.25, 0.3) is 11.8 Å². The monoisotopic (exact) mass is 505 g/mol. The molecule has 0 radical (unpaired) electrons. The van der Waals surface area contributed by atoms with Crippen LogP contribution in [0.15, 0.2) is 42.5 Å². The number of benzene rings is 2. The van der Waals surface area contributed by atoms with Gasteiger partial charge in [0.1, 0.15) is 18.4 Å². The molecule has 2 saturated heterocycles. The van der Waals surface area contributed by atoms with Crippen LogP contribution in [0.4, 0.5) is 0 Å². The maximum absolute atomic E-state index is 13.3. The van der Waals surface area contributed by atoms with E-state index in [0.717, 1.165) is 30.4 Å². The van der Waals surface area contributed by atoms with Gasteiger partial charge in [0.15, 0.2) is 0 Å². The number of fused-ring (bicyclic) bond motifs is 1. The lowest BCUT2D eigenvalue weighted by atomic mass is 10.0. The van der Waals surface area contributed by atoms with Crippen molar-refractivity contribution < 1.29 is 28.7 Å². The van der Waals surface area contributed by atoms with Crippen LogP contribution in [-0.2, 0) is 27.5 Å². The zero-order valence-electron chi connectivity index (χ0n) is 20.9. The van der Waals surface area contributed by atoms with Crippen molar-refractivity contribution >= 4 is 23.6 Å². The molecule has 3 aliphatic heterocycles. The van der Waals surface area contributed by atoms with Crippen molar-refractivity contribution in [2.45, 2.75) is 57.3 Å². The average Bonchev–Trinajstić information content (AvgIpc) is 3.23. The van der Waals surface area contributed by atoms with E-state index >= 15 is 0 Å². The Kier molecular flexibility index (Phi) is 7.23. The van der Waals surface area contributed by atoms with Crippen LogP contribution < -0.4 is 10.1 Å². The molecule has 0 saturated carbocycles. The molecule has 0 aromatic heterocycles. The Morgan fingerprint density at radius 3 is 2.62 bits per heavy atom.